The van der Waals surface area contributed by atoms with Crippen LogP contribution in [0.15, 0.2) is 60.7 Å². The molecule has 2 rings (SSSR count). The lowest BCUT2D eigenvalue weighted by Gasteiger charge is -2.24. The molecule has 41 heavy (non-hydrogen) atoms. The van der Waals surface area contributed by atoms with Crippen LogP contribution in [-0.4, -0.2) is 66.0 Å². The average Bonchev–Trinajstić information content (AvgIpc) is 2.96. The Morgan fingerprint density at radius 2 is 1.41 bits per heavy atom. The van der Waals surface area contributed by atoms with E-state index in [4.69, 9.17) is 15.6 Å². The summed E-state index contributed by atoms with van der Waals surface area (Å²) in [6.45, 7) is 1.51. The highest BCUT2D eigenvalue weighted by Gasteiger charge is 2.29. The molecule has 11 heteroatoms. The molecule has 0 aliphatic carbocycles. The number of aliphatic hydroxyl groups is 1. The summed E-state index contributed by atoms with van der Waals surface area (Å²) in [5, 5.41) is 16.8. The van der Waals surface area contributed by atoms with Gasteiger partial charge in [-0.1, -0.05) is 60.7 Å². The molecule has 0 radical (unpaired) electrons. The third-order valence-corrected chi connectivity index (χ3v) is 6.25. The van der Waals surface area contributed by atoms with Gasteiger partial charge >= 0.3 is 5.97 Å². The fourth-order valence-electron chi connectivity index (χ4n) is 3.93. The third kappa shape index (κ3) is 13.1. The van der Waals surface area contributed by atoms with Crippen molar-refractivity contribution >= 4 is 29.6 Å². The lowest BCUT2D eigenvalue weighted by atomic mass is 10.0. The summed E-state index contributed by atoms with van der Waals surface area (Å²) < 4.78 is 5.20. The fraction of sp³-hybridized carbons (Fsp3) is 0.433. The van der Waals surface area contributed by atoms with Crippen molar-refractivity contribution in [2.24, 2.45) is 5.73 Å². The number of aliphatic hydroxyl groups excluding tert-OH is 1. The molecule has 2 aromatic carbocycles. The van der Waals surface area contributed by atoms with Gasteiger partial charge in [0, 0.05) is 25.9 Å². The van der Waals surface area contributed by atoms with E-state index in [1.54, 1.807) is 24.3 Å². The topological polar surface area (TPSA) is 177 Å². The van der Waals surface area contributed by atoms with E-state index in [1.807, 2.05) is 36.4 Å². The molecule has 0 aromatic heterocycles. The van der Waals surface area contributed by atoms with E-state index in [2.05, 4.69) is 16.0 Å². The molecule has 0 bridgehead atoms. The second-order valence-corrected chi connectivity index (χ2v) is 9.69. The number of aryl methyl sites for hydroxylation is 1. The zero-order valence-corrected chi connectivity index (χ0v) is 23.3. The highest BCUT2D eigenvalue weighted by Crippen LogP contribution is 2.08. The zero-order chi connectivity index (χ0) is 30.0. The maximum atomic E-state index is 13.4. The van der Waals surface area contributed by atoms with Crippen molar-refractivity contribution in [1.29, 1.82) is 0 Å². The van der Waals surface area contributed by atoms with Crippen LogP contribution in [0.3, 0.4) is 0 Å². The molecule has 3 atom stereocenters. The number of rotatable bonds is 18. The Morgan fingerprint density at radius 3 is 2.02 bits per heavy atom. The van der Waals surface area contributed by atoms with Gasteiger partial charge < -0.3 is 31.5 Å². The summed E-state index contributed by atoms with van der Waals surface area (Å²) in [7, 11) is 0. The normalized spacial score (nSPS) is 12.8. The van der Waals surface area contributed by atoms with Gasteiger partial charge in [0.1, 0.15) is 18.1 Å². The number of carbonyl (C=O) groups excluding carboxylic acids is 5. The molecule has 0 heterocycles. The molecule has 222 valence electrons. The van der Waals surface area contributed by atoms with Gasteiger partial charge in [-0.15, -0.1) is 0 Å². The van der Waals surface area contributed by atoms with Crippen LogP contribution >= 0.6 is 0 Å². The molecule has 4 amide bonds. The van der Waals surface area contributed by atoms with E-state index in [0.29, 0.717) is 19.3 Å². The number of ether oxygens (including phenoxy) is 1. The van der Waals surface area contributed by atoms with Crippen LogP contribution < -0.4 is 21.7 Å². The minimum absolute atomic E-state index is 0.0357. The molecule has 0 aliphatic heterocycles. The van der Waals surface area contributed by atoms with Crippen LogP contribution in [0.25, 0.3) is 0 Å². The number of nitrogens with two attached hydrogens (primary N) is 1. The largest absolute Gasteiger partial charge is 0.464 e. The van der Waals surface area contributed by atoms with Gasteiger partial charge in [0.2, 0.25) is 23.6 Å². The number of unbranched alkanes of at least 4 members (excludes halogenated alkanes) is 1. The smallest absolute Gasteiger partial charge is 0.328 e. The van der Waals surface area contributed by atoms with Crippen LogP contribution in [-0.2, 0) is 41.6 Å². The summed E-state index contributed by atoms with van der Waals surface area (Å²) in [6, 6.07) is 15.3. The number of amides is 4. The molecule has 0 spiro atoms. The Kier molecular flexibility index (Phi) is 14.6. The Hall–Kier alpha value is -4.25. The summed E-state index contributed by atoms with van der Waals surface area (Å²) >= 11 is 0. The van der Waals surface area contributed by atoms with Crippen molar-refractivity contribution in [3.63, 3.8) is 0 Å². The Balaban J connectivity index is 2.07. The van der Waals surface area contributed by atoms with Crippen molar-refractivity contribution in [2.45, 2.75) is 70.0 Å². The van der Waals surface area contributed by atoms with Crippen LogP contribution in [0.5, 0.6) is 0 Å². The van der Waals surface area contributed by atoms with Gasteiger partial charge in [-0.05, 0) is 43.7 Å². The molecule has 0 saturated heterocycles. The van der Waals surface area contributed by atoms with Crippen molar-refractivity contribution in [2.75, 3.05) is 13.2 Å². The first kappa shape index (κ1) is 33.0. The number of nitrogens with one attached hydrogen (secondary N) is 3. The van der Waals surface area contributed by atoms with Crippen LogP contribution in [0.4, 0.5) is 0 Å². The second-order valence-electron chi connectivity index (χ2n) is 9.69. The lowest BCUT2D eigenvalue weighted by Crippen LogP contribution is -2.56. The predicted molar refractivity (Wildman–Crippen MR) is 152 cm³/mol. The van der Waals surface area contributed by atoms with E-state index in [-0.39, 0.29) is 44.8 Å². The highest BCUT2D eigenvalue weighted by molar-refractivity contribution is 5.93. The molecular formula is C30H40N4O7. The number of carbonyl (C=O) groups is 5. The summed E-state index contributed by atoms with van der Waals surface area (Å²) in [5.74, 6) is -2.94. The molecule has 11 nitrogen and oxygen atoms in total. The molecular weight excluding hydrogens is 528 g/mol. The minimum atomic E-state index is -1.17. The molecule has 0 unspecified atom stereocenters. The number of benzene rings is 2. The molecule has 0 fully saturated rings. The zero-order valence-electron chi connectivity index (χ0n) is 23.3. The maximum absolute atomic E-state index is 13.4. The first-order valence-corrected chi connectivity index (χ1v) is 13.7. The van der Waals surface area contributed by atoms with E-state index in [1.165, 1.54) is 6.92 Å². The van der Waals surface area contributed by atoms with E-state index in [9.17, 15) is 24.0 Å². The Morgan fingerprint density at radius 1 is 0.805 bits per heavy atom. The summed E-state index contributed by atoms with van der Waals surface area (Å²) in [6.07, 6.45) is 1.44. The second kappa shape index (κ2) is 18.2. The van der Waals surface area contributed by atoms with Gasteiger partial charge in [-0.2, -0.15) is 0 Å². The van der Waals surface area contributed by atoms with Crippen molar-refractivity contribution in [3.05, 3.63) is 71.8 Å². The fourth-order valence-corrected chi connectivity index (χ4v) is 3.93. The Bertz CT molecular complexity index is 1130. The van der Waals surface area contributed by atoms with Gasteiger partial charge in [-0.3, -0.25) is 19.2 Å². The number of primary amides is 1. The average molecular weight is 569 g/mol. The monoisotopic (exact) mass is 568 g/mol. The SMILES string of the molecule is C[C@H](NC(=O)CCc1ccccc1)C(=O)N[C@@H](Cc1ccccc1)C(=O)N[C@@H](CCC(N)=O)C(=O)OCCCCO. The van der Waals surface area contributed by atoms with E-state index >= 15 is 0 Å². The number of hydrogen-bond donors (Lipinski definition) is 5. The Labute approximate surface area is 240 Å². The third-order valence-electron chi connectivity index (χ3n) is 6.25. The first-order chi connectivity index (χ1) is 19.7. The van der Waals surface area contributed by atoms with Crippen LogP contribution in [0.2, 0.25) is 0 Å². The van der Waals surface area contributed by atoms with E-state index < -0.39 is 41.8 Å². The molecule has 6 N–H and O–H groups in total. The lowest BCUT2D eigenvalue weighted by molar-refractivity contribution is -0.148. The van der Waals surface area contributed by atoms with Gasteiger partial charge in [0.15, 0.2) is 0 Å². The van der Waals surface area contributed by atoms with Gasteiger partial charge in [-0.25, -0.2) is 4.79 Å². The van der Waals surface area contributed by atoms with Crippen molar-refractivity contribution < 1.29 is 33.8 Å². The molecule has 0 aliphatic rings. The van der Waals surface area contributed by atoms with Gasteiger partial charge in [0.05, 0.1) is 6.61 Å². The molecule has 2 aromatic rings. The summed E-state index contributed by atoms with van der Waals surface area (Å²) in [4.78, 5) is 62.8. The number of hydrogen-bond acceptors (Lipinski definition) is 7. The van der Waals surface area contributed by atoms with Crippen LogP contribution in [0.1, 0.15) is 50.2 Å². The summed E-state index contributed by atoms with van der Waals surface area (Å²) in [5.41, 5.74) is 7.00. The molecule has 0 saturated carbocycles. The van der Waals surface area contributed by atoms with Crippen molar-refractivity contribution in [3.8, 4) is 0 Å². The van der Waals surface area contributed by atoms with E-state index in [0.717, 1.165) is 11.1 Å². The first-order valence-electron chi connectivity index (χ1n) is 13.7. The minimum Gasteiger partial charge on any atom is -0.464 e. The van der Waals surface area contributed by atoms with Crippen LogP contribution in [0, 0.1) is 0 Å². The van der Waals surface area contributed by atoms with Crippen molar-refractivity contribution in [1.82, 2.24) is 16.0 Å². The highest BCUT2D eigenvalue weighted by atomic mass is 16.5. The maximum Gasteiger partial charge on any atom is 0.328 e. The quantitative estimate of drug-likeness (QED) is 0.131. The predicted octanol–water partition coefficient (Wildman–Crippen LogP) is 0.917. The number of esters is 1. The van der Waals surface area contributed by atoms with Gasteiger partial charge in [0.25, 0.3) is 0 Å². The standard InChI is InChI=1S/C30H40N4O7/c1-21(32-27(37)17-14-22-10-4-2-5-11-22)28(38)34-25(20-23-12-6-3-7-13-23)29(39)33-24(15-16-26(31)36)30(40)41-19-9-8-18-35/h2-7,10-13,21,24-25,35H,8-9,14-20H2,1H3,(H2,31,36)(H,32,37)(H,33,39)(H,34,38)/t21-,24-,25-/m0/s1.